The molecule has 0 atom stereocenters. The van der Waals surface area contributed by atoms with Gasteiger partial charge in [0.2, 0.25) is 0 Å². The third-order valence-corrected chi connectivity index (χ3v) is 4.65. The first kappa shape index (κ1) is 22.3. The lowest BCUT2D eigenvalue weighted by Gasteiger charge is -2.17. The van der Waals surface area contributed by atoms with Crippen molar-refractivity contribution in [1.29, 1.82) is 0 Å². The van der Waals surface area contributed by atoms with Crippen molar-refractivity contribution in [3.63, 3.8) is 0 Å². The van der Waals surface area contributed by atoms with E-state index in [-0.39, 0.29) is 23.5 Å². The number of thiocarbonyl (C=S) groups is 1. The summed E-state index contributed by atoms with van der Waals surface area (Å²) < 4.78 is 5.67. The van der Waals surface area contributed by atoms with Crippen molar-refractivity contribution in [3.8, 4) is 5.75 Å². The lowest BCUT2D eigenvalue weighted by Crippen LogP contribution is -2.45. The maximum Gasteiger partial charge on any atom is 0.276 e. The second kappa shape index (κ2) is 9.97. The predicted octanol–water partition coefficient (Wildman–Crippen LogP) is 4.53. The van der Waals surface area contributed by atoms with Crippen LogP contribution in [0.4, 0.5) is 11.4 Å². The lowest BCUT2D eigenvalue weighted by atomic mass is 9.99. The van der Waals surface area contributed by atoms with E-state index in [0.717, 1.165) is 22.4 Å². The van der Waals surface area contributed by atoms with Crippen molar-refractivity contribution in [2.45, 2.75) is 40.5 Å². The number of hydrogen-bond donors (Lipinski definition) is 3. The van der Waals surface area contributed by atoms with Crippen LogP contribution in [0.2, 0.25) is 0 Å². The van der Waals surface area contributed by atoms with Crippen molar-refractivity contribution in [1.82, 2.24) is 10.9 Å². The van der Waals surface area contributed by atoms with Gasteiger partial charge in [0.25, 0.3) is 5.91 Å². The van der Waals surface area contributed by atoms with Gasteiger partial charge in [0.05, 0.1) is 0 Å². The van der Waals surface area contributed by atoms with E-state index in [0.29, 0.717) is 17.0 Å². The highest BCUT2D eigenvalue weighted by Gasteiger charge is 2.14. The highest BCUT2D eigenvalue weighted by molar-refractivity contribution is 7.80. The molecule has 8 heteroatoms. The highest BCUT2D eigenvalue weighted by Crippen LogP contribution is 2.33. The molecule has 0 aromatic heterocycles. The Morgan fingerprint density at radius 2 is 1.76 bits per heavy atom. The highest BCUT2D eigenvalue weighted by atomic mass is 32.1. The summed E-state index contributed by atoms with van der Waals surface area (Å²) in [5.41, 5.74) is 10.1. The Morgan fingerprint density at radius 3 is 2.34 bits per heavy atom. The number of anilines is 1. The summed E-state index contributed by atoms with van der Waals surface area (Å²) in [6.45, 7) is 9.48. The lowest BCUT2D eigenvalue weighted by molar-refractivity contribution is -0.123. The Balaban J connectivity index is 1.93. The molecular formula is C21H26N4O3S. The number of benzene rings is 2. The van der Waals surface area contributed by atoms with E-state index >= 15 is 0 Å². The molecule has 2 aromatic rings. The maximum absolute atomic E-state index is 12.1. The molecule has 2 rings (SSSR count). The number of hydrazine groups is 1. The minimum absolute atomic E-state index is 0.112. The molecule has 2 aromatic carbocycles. The predicted molar refractivity (Wildman–Crippen MR) is 120 cm³/mol. The van der Waals surface area contributed by atoms with Crippen LogP contribution in [0.5, 0.6) is 5.75 Å². The molecule has 0 saturated heterocycles. The minimum atomic E-state index is -0.388. The number of ether oxygens (including phenoxy) is 1. The third-order valence-electron chi connectivity index (χ3n) is 4.44. The van der Waals surface area contributed by atoms with E-state index in [4.69, 9.17) is 17.0 Å². The number of nitrogens with one attached hydrogen (secondary N) is 3. The van der Waals surface area contributed by atoms with E-state index in [1.165, 1.54) is 0 Å². The number of rotatable bonds is 6. The van der Waals surface area contributed by atoms with Gasteiger partial charge >= 0.3 is 0 Å². The molecule has 0 heterocycles. The van der Waals surface area contributed by atoms with Crippen LogP contribution < -0.4 is 20.9 Å². The Bertz CT molecular complexity index is 908. The van der Waals surface area contributed by atoms with Crippen LogP contribution in [-0.2, 0) is 4.79 Å². The number of carbonyl (C=O) groups excluding carboxylic acids is 1. The first-order valence-corrected chi connectivity index (χ1v) is 9.66. The summed E-state index contributed by atoms with van der Waals surface area (Å²) in [6, 6.07) is 9.34. The molecule has 0 radical (unpaired) electrons. The van der Waals surface area contributed by atoms with Gasteiger partial charge in [-0.1, -0.05) is 32.0 Å². The molecule has 29 heavy (non-hydrogen) atoms. The number of nitroso groups, excluding NO2 is 1. The average Bonchev–Trinajstić information content (AvgIpc) is 2.67. The molecule has 0 bridgehead atoms. The van der Waals surface area contributed by atoms with E-state index in [9.17, 15) is 9.70 Å². The zero-order valence-electron chi connectivity index (χ0n) is 17.3. The first-order valence-electron chi connectivity index (χ1n) is 9.25. The molecule has 0 aliphatic heterocycles. The molecule has 1 amide bonds. The van der Waals surface area contributed by atoms with Crippen LogP contribution in [0, 0.1) is 25.7 Å². The molecule has 0 saturated carbocycles. The van der Waals surface area contributed by atoms with Crippen LogP contribution in [0.1, 0.15) is 42.0 Å². The topological polar surface area (TPSA) is 91.8 Å². The Morgan fingerprint density at radius 1 is 1.10 bits per heavy atom. The summed E-state index contributed by atoms with van der Waals surface area (Å²) >= 11 is 5.23. The SMILES string of the molecule is Cc1cc(OCC(=O)NNC(=S)Nc2c(C)cccc2C)c(C(C)C)cc1N=O. The second-order valence-corrected chi connectivity index (χ2v) is 7.51. The van der Waals surface area contributed by atoms with Gasteiger partial charge in [-0.05, 0) is 78.5 Å². The normalized spacial score (nSPS) is 10.4. The van der Waals surface area contributed by atoms with E-state index in [1.54, 1.807) is 19.1 Å². The summed E-state index contributed by atoms with van der Waals surface area (Å²) in [7, 11) is 0. The molecule has 0 aliphatic rings. The van der Waals surface area contributed by atoms with Crippen LogP contribution in [-0.4, -0.2) is 17.6 Å². The van der Waals surface area contributed by atoms with Crippen LogP contribution >= 0.6 is 12.2 Å². The van der Waals surface area contributed by atoms with Crippen molar-refractivity contribution in [2.75, 3.05) is 11.9 Å². The van der Waals surface area contributed by atoms with Crippen LogP contribution in [0.3, 0.4) is 0 Å². The summed E-state index contributed by atoms with van der Waals surface area (Å²) in [4.78, 5) is 23.1. The first-order chi connectivity index (χ1) is 13.7. The minimum Gasteiger partial charge on any atom is -0.483 e. The van der Waals surface area contributed by atoms with Crippen molar-refractivity contribution < 1.29 is 9.53 Å². The fourth-order valence-corrected chi connectivity index (χ4v) is 2.98. The molecule has 0 spiro atoms. The summed E-state index contributed by atoms with van der Waals surface area (Å²) in [5.74, 6) is 0.276. The second-order valence-electron chi connectivity index (χ2n) is 7.11. The number of amides is 1. The zero-order chi connectivity index (χ0) is 21.6. The van der Waals surface area contributed by atoms with Crippen LogP contribution in [0.25, 0.3) is 0 Å². The van der Waals surface area contributed by atoms with Crippen molar-refractivity contribution >= 4 is 34.6 Å². The molecule has 7 nitrogen and oxygen atoms in total. The largest absolute Gasteiger partial charge is 0.483 e. The number of aryl methyl sites for hydroxylation is 3. The van der Waals surface area contributed by atoms with Gasteiger partial charge < -0.3 is 10.1 Å². The van der Waals surface area contributed by atoms with E-state index in [2.05, 4.69) is 21.3 Å². The third kappa shape index (κ3) is 5.99. The summed E-state index contributed by atoms with van der Waals surface area (Å²) in [6.07, 6.45) is 0. The number of para-hydroxylation sites is 1. The monoisotopic (exact) mass is 414 g/mol. The maximum atomic E-state index is 12.1. The van der Waals surface area contributed by atoms with Gasteiger partial charge in [-0.25, -0.2) is 0 Å². The number of hydrogen-bond acceptors (Lipinski definition) is 5. The molecule has 154 valence electrons. The number of nitrogens with zero attached hydrogens (tertiary/aromatic N) is 1. The fraction of sp³-hybridized carbons (Fsp3) is 0.333. The van der Waals surface area contributed by atoms with Gasteiger partial charge in [0.15, 0.2) is 11.7 Å². The standard InChI is InChI=1S/C21H26N4O3S/c1-12(2)16-10-17(25-27)15(5)9-18(16)28-11-19(26)23-24-21(29)22-20-13(3)7-6-8-14(20)4/h6-10,12H,11H2,1-5H3,(H,23,26)(H2,22,24,29). The zero-order valence-corrected chi connectivity index (χ0v) is 18.1. The summed E-state index contributed by atoms with van der Waals surface area (Å²) in [5, 5.41) is 6.38. The molecule has 0 aliphatic carbocycles. The molecule has 0 unspecified atom stereocenters. The van der Waals surface area contributed by atoms with Gasteiger partial charge in [-0.15, -0.1) is 4.91 Å². The van der Waals surface area contributed by atoms with Crippen LogP contribution in [0.15, 0.2) is 35.5 Å². The van der Waals surface area contributed by atoms with Crippen molar-refractivity contribution in [2.24, 2.45) is 5.18 Å². The van der Waals surface area contributed by atoms with Gasteiger partial charge in [0.1, 0.15) is 11.4 Å². The Hall–Kier alpha value is -3.00. The Labute approximate surface area is 176 Å². The quantitative estimate of drug-likeness (QED) is 0.365. The van der Waals surface area contributed by atoms with E-state index < -0.39 is 0 Å². The number of carbonyl (C=O) groups is 1. The smallest absolute Gasteiger partial charge is 0.276 e. The van der Waals surface area contributed by atoms with Gasteiger partial charge in [-0.3, -0.25) is 15.6 Å². The molecule has 0 fully saturated rings. The molecular weight excluding hydrogens is 388 g/mol. The van der Waals surface area contributed by atoms with Crippen molar-refractivity contribution in [3.05, 3.63) is 57.5 Å². The van der Waals surface area contributed by atoms with Gasteiger partial charge in [-0.2, -0.15) is 0 Å². The Kier molecular flexibility index (Phi) is 7.67. The fourth-order valence-electron chi connectivity index (χ4n) is 2.82. The molecule has 3 N–H and O–H groups in total. The van der Waals surface area contributed by atoms with E-state index in [1.807, 2.05) is 45.9 Å². The van der Waals surface area contributed by atoms with Gasteiger partial charge in [0, 0.05) is 5.69 Å². The average molecular weight is 415 g/mol.